The van der Waals surface area contributed by atoms with Crippen LogP contribution in [0, 0.1) is 5.82 Å². The number of para-hydroxylation sites is 1. The van der Waals surface area contributed by atoms with E-state index in [1.807, 2.05) is 30.3 Å². The maximum Gasteiger partial charge on any atom is 0.266 e. The molecule has 1 N–H and O–H groups in total. The maximum absolute atomic E-state index is 13.7. The average molecular weight is 468 g/mol. The van der Waals surface area contributed by atoms with E-state index in [2.05, 4.69) is 10.3 Å². The van der Waals surface area contributed by atoms with E-state index < -0.39 is 11.1 Å². The predicted molar refractivity (Wildman–Crippen MR) is 126 cm³/mol. The Kier molecular flexibility index (Phi) is 6.58. The highest BCUT2D eigenvalue weighted by Crippen LogP contribution is 2.27. The lowest BCUT2D eigenvalue weighted by molar-refractivity contribution is -0.120. The quantitative estimate of drug-likeness (QED) is 0.321. The minimum atomic E-state index is -0.583. The van der Waals surface area contributed by atoms with Gasteiger partial charge in [-0.05, 0) is 42.8 Å². The van der Waals surface area contributed by atoms with E-state index in [0.717, 1.165) is 17.3 Å². The molecule has 3 aromatic carbocycles. The normalized spacial score (nSPS) is 12.0. The van der Waals surface area contributed by atoms with E-state index in [0.29, 0.717) is 28.3 Å². The van der Waals surface area contributed by atoms with Gasteiger partial charge in [-0.15, -0.1) is 0 Å². The van der Waals surface area contributed by atoms with E-state index in [1.165, 1.54) is 22.8 Å². The van der Waals surface area contributed by atoms with Crippen molar-refractivity contribution in [2.45, 2.75) is 23.9 Å². The Labute approximate surface area is 193 Å². The lowest BCUT2D eigenvalue weighted by Gasteiger charge is -2.17. The number of carbonyl (C=O) groups is 1. The Bertz CT molecular complexity index is 1340. The van der Waals surface area contributed by atoms with Crippen LogP contribution in [0.1, 0.15) is 12.5 Å². The van der Waals surface area contributed by atoms with Crippen molar-refractivity contribution in [1.29, 1.82) is 0 Å². The molecule has 0 radical (unpaired) electrons. The molecule has 0 aliphatic rings. The smallest absolute Gasteiger partial charge is 0.266 e. The van der Waals surface area contributed by atoms with Gasteiger partial charge in [0.15, 0.2) is 5.16 Å². The second-order valence-corrected chi connectivity index (χ2v) is 8.83. The summed E-state index contributed by atoms with van der Waals surface area (Å²) >= 11 is 7.11. The zero-order valence-corrected chi connectivity index (χ0v) is 18.7. The number of hydrogen-bond acceptors (Lipinski definition) is 4. The molecule has 0 aliphatic heterocycles. The summed E-state index contributed by atoms with van der Waals surface area (Å²) < 4.78 is 15.1. The van der Waals surface area contributed by atoms with Crippen LogP contribution in [0.4, 0.5) is 4.39 Å². The first-order valence-corrected chi connectivity index (χ1v) is 11.2. The summed E-state index contributed by atoms with van der Waals surface area (Å²) in [4.78, 5) is 30.6. The highest BCUT2D eigenvalue weighted by Gasteiger charge is 2.20. The summed E-state index contributed by atoms with van der Waals surface area (Å²) in [6.45, 7) is 2.14. The number of aromatic nitrogens is 2. The van der Waals surface area contributed by atoms with Crippen molar-refractivity contribution < 1.29 is 9.18 Å². The molecule has 32 heavy (non-hydrogen) atoms. The summed E-state index contributed by atoms with van der Waals surface area (Å²) in [5, 5.41) is 3.00. The van der Waals surface area contributed by atoms with Crippen LogP contribution in [0.5, 0.6) is 0 Å². The number of thioether (sulfide) groups is 1. The van der Waals surface area contributed by atoms with Crippen LogP contribution in [-0.2, 0) is 11.3 Å². The maximum atomic E-state index is 13.7. The number of hydrogen-bond donors (Lipinski definition) is 1. The number of amides is 1. The first-order valence-electron chi connectivity index (χ1n) is 9.89. The molecule has 0 bridgehead atoms. The number of nitrogens with zero attached hydrogens (tertiary/aromatic N) is 2. The van der Waals surface area contributed by atoms with Gasteiger partial charge in [0, 0.05) is 6.54 Å². The fraction of sp³-hybridized carbons (Fsp3) is 0.125. The van der Waals surface area contributed by atoms with Gasteiger partial charge in [-0.1, -0.05) is 65.8 Å². The van der Waals surface area contributed by atoms with E-state index in [4.69, 9.17) is 11.6 Å². The highest BCUT2D eigenvalue weighted by atomic mass is 35.5. The Morgan fingerprint density at radius 3 is 2.59 bits per heavy atom. The molecule has 1 atom stereocenters. The zero-order chi connectivity index (χ0) is 22.7. The predicted octanol–water partition coefficient (Wildman–Crippen LogP) is 4.98. The SMILES string of the molecule is CC(Sc1nc2ccccc2c(=O)n1-c1ccc(F)c(Cl)c1)C(=O)NCc1ccccc1. The molecule has 0 saturated heterocycles. The lowest BCUT2D eigenvalue weighted by Crippen LogP contribution is -2.31. The van der Waals surface area contributed by atoms with Crippen molar-refractivity contribution in [3.63, 3.8) is 0 Å². The number of benzene rings is 3. The van der Waals surface area contributed by atoms with E-state index >= 15 is 0 Å². The summed E-state index contributed by atoms with van der Waals surface area (Å²) in [6, 6.07) is 20.6. The highest BCUT2D eigenvalue weighted by molar-refractivity contribution is 8.00. The van der Waals surface area contributed by atoms with E-state index in [9.17, 15) is 14.0 Å². The van der Waals surface area contributed by atoms with Gasteiger partial charge >= 0.3 is 0 Å². The summed E-state index contributed by atoms with van der Waals surface area (Å²) in [5.41, 5.74) is 1.55. The summed E-state index contributed by atoms with van der Waals surface area (Å²) in [6.07, 6.45) is 0. The molecule has 1 aromatic heterocycles. The molecule has 8 heteroatoms. The molecule has 0 saturated carbocycles. The van der Waals surface area contributed by atoms with Crippen LogP contribution in [0.2, 0.25) is 5.02 Å². The van der Waals surface area contributed by atoms with Crippen LogP contribution >= 0.6 is 23.4 Å². The second-order valence-electron chi connectivity index (χ2n) is 7.11. The third-order valence-corrected chi connectivity index (χ3v) is 6.21. The van der Waals surface area contributed by atoms with Gasteiger partial charge in [0.2, 0.25) is 5.91 Å². The van der Waals surface area contributed by atoms with Crippen molar-refractivity contribution in [3.05, 3.63) is 99.6 Å². The van der Waals surface area contributed by atoms with Gasteiger partial charge in [-0.3, -0.25) is 14.2 Å². The fourth-order valence-electron chi connectivity index (χ4n) is 3.18. The number of halogens is 2. The molecular weight excluding hydrogens is 449 g/mol. The topological polar surface area (TPSA) is 64.0 Å². The average Bonchev–Trinajstić information content (AvgIpc) is 2.80. The van der Waals surface area contributed by atoms with E-state index in [1.54, 1.807) is 31.2 Å². The number of rotatable bonds is 6. The van der Waals surface area contributed by atoms with Crippen LogP contribution < -0.4 is 10.9 Å². The molecule has 1 unspecified atom stereocenters. The zero-order valence-electron chi connectivity index (χ0n) is 17.1. The third kappa shape index (κ3) is 4.69. The lowest BCUT2D eigenvalue weighted by atomic mass is 10.2. The summed E-state index contributed by atoms with van der Waals surface area (Å²) in [5.74, 6) is -0.773. The molecule has 0 spiro atoms. The molecule has 162 valence electrons. The number of fused-ring (bicyclic) bond motifs is 1. The first-order chi connectivity index (χ1) is 15.4. The minimum absolute atomic E-state index is 0.104. The second kappa shape index (κ2) is 9.54. The van der Waals surface area contributed by atoms with Gasteiger partial charge in [-0.25, -0.2) is 9.37 Å². The number of carbonyl (C=O) groups excluding carboxylic acids is 1. The minimum Gasteiger partial charge on any atom is -0.351 e. The van der Waals surface area contributed by atoms with Gasteiger partial charge in [0.05, 0.1) is 26.9 Å². The Morgan fingerprint density at radius 2 is 1.84 bits per heavy atom. The van der Waals surface area contributed by atoms with Gasteiger partial charge in [0.1, 0.15) is 5.82 Å². The largest absolute Gasteiger partial charge is 0.351 e. The fourth-order valence-corrected chi connectivity index (χ4v) is 4.31. The molecule has 0 aliphatic carbocycles. The Hall–Kier alpha value is -3.16. The summed E-state index contributed by atoms with van der Waals surface area (Å²) in [7, 11) is 0. The standard InChI is InChI=1S/C24H19ClFN3O2S/c1-15(22(30)27-14-16-7-3-2-4-8-16)32-24-28-21-10-6-5-9-18(21)23(31)29(24)17-11-12-20(26)19(25)13-17/h2-13,15H,14H2,1H3,(H,27,30). The Balaban J connectivity index is 1.68. The van der Waals surface area contributed by atoms with Crippen molar-refractivity contribution in [2.75, 3.05) is 0 Å². The molecular formula is C24H19ClFN3O2S. The molecule has 5 nitrogen and oxygen atoms in total. The first kappa shape index (κ1) is 22.0. The Morgan fingerprint density at radius 1 is 1.12 bits per heavy atom. The van der Waals surface area contributed by atoms with Crippen LogP contribution in [0.25, 0.3) is 16.6 Å². The van der Waals surface area contributed by atoms with E-state index in [-0.39, 0.29) is 16.5 Å². The molecule has 0 fully saturated rings. The van der Waals surface area contributed by atoms with Gasteiger partial charge in [0.25, 0.3) is 5.56 Å². The van der Waals surface area contributed by atoms with Gasteiger partial charge in [-0.2, -0.15) is 0 Å². The molecule has 1 heterocycles. The monoisotopic (exact) mass is 467 g/mol. The third-order valence-electron chi connectivity index (χ3n) is 4.87. The number of nitrogens with one attached hydrogen (secondary N) is 1. The van der Waals surface area contributed by atoms with Crippen molar-refractivity contribution in [1.82, 2.24) is 14.9 Å². The van der Waals surface area contributed by atoms with Crippen molar-refractivity contribution >= 4 is 40.2 Å². The molecule has 4 aromatic rings. The van der Waals surface area contributed by atoms with Crippen molar-refractivity contribution in [3.8, 4) is 5.69 Å². The van der Waals surface area contributed by atoms with Gasteiger partial charge < -0.3 is 5.32 Å². The van der Waals surface area contributed by atoms with Crippen molar-refractivity contribution in [2.24, 2.45) is 0 Å². The van der Waals surface area contributed by atoms with Crippen LogP contribution in [-0.4, -0.2) is 20.7 Å². The van der Waals surface area contributed by atoms with Crippen LogP contribution in [0.3, 0.4) is 0 Å². The molecule has 1 amide bonds. The molecule has 4 rings (SSSR count). The van der Waals surface area contributed by atoms with Crippen LogP contribution in [0.15, 0.2) is 82.7 Å².